The molecule has 0 aliphatic heterocycles. The third-order valence-corrected chi connectivity index (χ3v) is 1.55. The quantitative estimate of drug-likeness (QED) is 0.661. The third-order valence-electron chi connectivity index (χ3n) is 1.55. The van der Waals surface area contributed by atoms with Gasteiger partial charge in [-0.25, -0.2) is 0 Å². The fraction of sp³-hybridized carbons (Fsp3) is 1.00. The van der Waals surface area contributed by atoms with Gasteiger partial charge in [0.05, 0.1) is 19.3 Å². The van der Waals surface area contributed by atoms with Crippen molar-refractivity contribution in [1.29, 1.82) is 0 Å². The Kier molecular flexibility index (Phi) is 4.51. The second-order valence-electron chi connectivity index (χ2n) is 2.29. The number of methoxy groups -OCH3 is 1. The lowest BCUT2D eigenvalue weighted by Crippen LogP contribution is -2.40. The van der Waals surface area contributed by atoms with Crippen LogP contribution in [0.15, 0.2) is 0 Å². The van der Waals surface area contributed by atoms with Gasteiger partial charge in [-0.1, -0.05) is 0 Å². The van der Waals surface area contributed by atoms with E-state index in [4.69, 9.17) is 10.2 Å². The van der Waals surface area contributed by atoms with Crippen LogP contribution < -0.4 is 0 Å². The van der Waals surface area contributed by atoms with Crippen LogP contribution in [0.2, 0.25) is 0 Å². The Balaban J connectivity index is 4.31. The van der Waals surface area contributed by atoms with E-state index in [1.807, 2.05) is 0 Å². The summed E-state index contributed by atoms with van der Waals surface area (Å²) in [4.78, 5) is 0. The summed E-state index contributed by atoms with van der Waals surface area (Å²) < 4.78 is 40.3. The second-order valence-corrected chi connectivity index (χ2v) is 2.29. The Morgan fingerprint density at radius 1 is 1.25 bits per heavy atom. The topological polar surface area (TPSA) is 49.7 Å². The maximum atomic E-state index is 12.0. The lowest BCUT2D eigenvalue weighted by atomic mass is 10.0. The normalized spacial score (nSPS) is 17.5. The molecule has 0 saturated carbocycles. The van der Waals surface area contributed by atoms with Gasteiger partial charge in [0.1, 0.15) is 5.92 Å². The number of aliphatic hydroxyl groups is 2. The minimum atomic E-state index is -4.54. The molecule has 0 radical (unpaired) electrons. The maximum Gasteiger partial charge on any atom is 0.396 e. The zero-order chi connectivity index (χ0) is 9.78. The first-order valence-corrected chi connectivity index (χ1v) is 3.28. The summed E-state index contributed by atoms with van der Waals surface area (Å²) in [7, 11) is 1.05. The molecule has 0 amide bonds. The smallest absolute Gasteiger partial charge is 0.396 e. The lowest BCUT2D eigenvalue weighted by molar-refractivity contribution is -0.217. The first kappa shape index (κ1) is 11.7. The molecule has 0 aromatic heterocycles. The van der Waals surface area contributed by atoms with Crippen LogP contribution in [0.3, 0.4) is 0 Å². The van der Waals surface area contributed by atoms with Crippen molar-refractivity contribution in [3.8, 4) is 0 Å². The summed E-state index contributed by atoms with van der Waals surface area (Å²) in [5.74, 6) is -2.02. The summed E-state index contributed by atoms with van der Waals surface area (Å²) in [5, 5.41) is 16.8. The van der Waals surface area contributed by atoms with Gasteiger partial charge in [0, 0.05) is 7.11 Å². The highest BCUT2D eigenvalue weighted by Gasteiger charge is 2.44. The fourth-order valence-electron chi connectivity index (χ4n) is 0.798. The SMILES string of the molecule is CO[C@H](CO)[C@@H](CO)C(F)(F)F. The average Bonchev–Trinajstić information content (AvgIpc) is 1.97. The predicted octanol–water partition coefficient (Wildman–Crippen LogP) is 0.164. The number of aliphatic hydroxyl groups excluding tert-OH is 2. The number of halogens is 3. The van der Waals surface area contributed by atoms with Gasteiger partial charge in [0.15, 0.2) is 0 Å². The van der Waals surface area contributed by atoms with Crippen LogP contribution in [0.1, 0.15) is 0 Å². The summed E-state index contributed by atoms with van der Waals surface area (Å²) in [5.41, 5.74) is 0. The highest BCUT2D eigenvalue weighted by molar-refractivity contribution is 4.75. The number of alkyl halides is 3. The van der Waals surface area contributed by atoms with Gasteiger partial charge < -0.3 is 14.9 Å². The van der Waals surface area contributed by atoms with Crippen molar-refractivity contribution >= 4 is 0 Å². The van der Waals surface area contributed by atoms with Crippen molar-refractivity contribution in [2.24, 2.45) is 5.92 Å². The van der Waals surface area contributed by atoms with Crippen LogP contribution in [-0.4, -0.2) is 42.8 Å². The van der Waals surface area contributed by atoms with Gasteiger partial charge in [0.25, 0.3) is 0 Å². The van der Waals surface area contributed by atoms with E-state index in [9.17, 15) is 13.2 Å². The standard InChI is InChI=1S/C6H11F3O3/c1-12-5(3-11)4(2-10)6(7,8)9/h4-5,10-11H,2-3H2,1H3/t4-,5-/m1/s1. The molecule has 0 aromatic rings. The van der Waals surface area contributed by atoms with Crippen LogP contribution in [0.25, 0.3) is 0 Å². The minimum Gasteiger partial charge on any atom is -0.396 e. The summed E-state index contributed by atoms with van der Waals surface area (Å²) in [6.45, 7) is -1.84. The Morgan fingerprint density at radius 2 is 1.75 bits per heavy atom. The van der Waals surface area contributed by atoms with E-state index < -0.39 is 31.4 Å². The Labute approximate surface area is 67.8 Å². The number of hydrogen-bond acceptors (Lipinski definition) is 3. The van der Waals surface area contributed by atoms with Gasteiger partial charge in [0.2, 0.25) is 0 Å². The molecular formula is C6H11F3O3. The van der Waals surface area contributed by atoms with Crippen LogP contribution in [0, 0.1) is 5.92 Å². The number of rotatable bonds is 4. The Morgan fingerprint density at radius 3 is 1.83 bits per heavy atom. The maximum absolute atomic E-state index is 12.0. The predicted molar refractivity (Wildman–Crippen MR) is 34.5 cm³/mol. The molecule has 0 saturated heterocycles. The fourth-order valence-corrected chi connectivity index (χ4v) is 0.798. The largest absolute Gasteiger partial charge is 0.396 e. The van der Waals surface area contributed by atoms with Crippen LogP contribution in [0.4, 0.5) is 13.2 Å². The van der Waals surface area contributed by atoms with Gasteiger partial charge >= 0.3 is 6.18 Å². The van der Waals surface area contributed by atoms with Crippen molar-refractivity contribution < 1.29 is 28.1 Å². The van der Waals surface area contributed by atoms with Gasteiger partial charge in [-0.3, -0.25) is 0 Å². The van der Waals surface area contributed by atoms with E-state index in [0.29, 0.717) is 0 Å². The van der Waals surface area contributed by atoms with Gasteiger partial charge in [-0.2, -0.15) is 13.2 Å². The average molecular weight is 188 g/mol. The molecule has 0 aliphatic rings. The van der Waals surface area contributed by atoms with E-state index in [1.54, 1.807) is 0 Å². The molecule has 0 rings (SSSR count). The monoisotopic (exact) mass is 188 g/mol. The van der Waals surface area contributed by atoms with Crippen molar-refractivity contribution in [2.45, 2.75) is 12.3 Å². The molecular weight excluding hydrogens is 177 g/mol. The van der Waals surface area contributed by atoms with E-state index >= 15 is 0 Å². The van der Waals surface area contributed by atoms with Crippen LogP contribution in [0.5, 0.6) is 0 Å². The van der Waals surface area contributed by atoms with E-state index in [1.165, 1.54) is 0 Å². The molecule has 0 aliphatic carbocycles. The Bertz CT molecular complexity index is 122. The zero-order valence-electron chi connectivity index (χ0n) is 6.51. The highest BCUT2D eigenvalue weighted by Crippen LogP contribution is 2.29. The van der Waals surface area contributed by atoms with E-state index in [0.717, 1.165) is 7.11 Å². The molecule has 12 heavy (non-hydrogen) atoms. The molecule has 74 valence electrons. The van der Waals surface area contributed by atoms with E-state index in [2.05, 4.69) is 4.74 Å². The Hall–Kier alpha value is -0.330. The first-order valence-electron chi connectivity index (χ1n) is 3.28. The number of hydrogen-bond donors (Lipinski definition) is 2. The molecule has 0 spiro atoms. The van der Waals surface area contributed by atoms with Crippen molar-refractivity contribution in [1.82, 2.24) is 0 Å². The van der Waals surface area contributed by atoms with Crippen molar-refractivity contribution in [3.05, 3.63) is 0 Å². The van der Waals surface area contributed by atoms with E-state index in [-0.39, 0.29) is 0 Å². The zero-order valence-corrected chi connectivity index (χ0v) is 6.51. The highest BCUT2D eigenvalue weighted by atomic mass is 19.4. The molecule has 0 heterocycles. The molecule has 0 aromatic carbocycles. The molecule has 6 heteroatoms. The third kappa shape index (κ3) is 2.96. The summed E-state index contributed by atoms with van der Waals surface area (Å²) in [6.07, 6.45) is -5.94. The van der Waals surface area contributed by atoms with Crippen molar-refractivity contribution in [2.75, 3.05) is 20.3 Å². The molecule has 0 fully saturated rings. The molecule has 0 bridgehead atoms. The van der Waals surface area contributed by atoms with Crippen molar-refractivity contribution in [3.63, 3.8) is 0 Å². The number of ether oxygens (including phenoxy) is 1. The second kappa shape index (κ2) is 4.64. The van der Waals surface area contributed by atoms with Crippen LogP contribution >= 0.6 is 0 Å². The molecule has 2 atom stereocenters. The molecule has 0 unspecified atom stereocenters. The molecule has 3 nitrogen and oxygen atoms in total. The molecule has 2 N–H and O–H groups in total. The van der Waals surface area contributed by atoms with Gasteiger partial charge in [-0.05, 0) is 0 Å². The van der Waals surface area contributed by atoms with Crippen LogP contribution in [-0.2, 0) is 4.74 Å². The van der Waals surface area contributed by atoms with Gasteiger partial charge in [-0.15, -0.1) is 0 Å². The minimum absolute atomic E-state index is 0.763. The summed E-state index contributed by atoms with van der Waals surface area (Å²) in [6, 6.07) is 0. The first-order chi connectivity index (χ1) is 5.47. The lowest BCUT2D eigenvalue weighted by Gasteiger charge is -2.24. The summed E-state index contributed by atoms with van der Waals surface area (Å²) >= 11 is 0.